The van der Waals surface area contributed by atoms with Crippen molar-refractivity contribution >= 4 is 11.6 Å². The number of quaternary nitrogens is 1. The number of carbonyl (C=O) groups is 1. The number of ether oxygens (including phenoxy) is 1. The number of anilines is 1. The van der Waals surface area contributed by atoms with E-state index in [2.05, 4.69) is 24.3 Å². The van der Waals surface area contributed by atoms with Gasteiger partial charge in [0.15, 0.2) is 0 Å². The summed E-state index contributed by atoms with van der Waals surface area (Å²) in [7, 11) is 0. The van der Waals surface area contributed by atoms with Crippen LogP contribution in [0.3, 0.4) is 0 Å². The van der Waals surface area contributed by atoms with Gasteiger partial charge in [0.25, 0.3) is 0 Å². The lowest BCUT2D eigenvalue weighted by atomic mass is 9.79. The van der Waals surface area contributed by atoms with Gasteiger partial charge < -0.3 is 31.6 Å². The molecule has 4 aliphatic heterocycles. The molecule has 3 aromatic rings. The fourth-order valence-corrected chi connectivity index (χ4v) is 6.84. The molecule has 7 rings (SSSR count). The highest BCUT2D eigenvalue weighted by Crippen LogP contribution is 2.45. The minimum Gasteiger partial charge on any atom is -1.00 e. The molecule has 1 amide bonds. The maximum absolute atomic E-state index is 13.5. The van der Waals surface area contributed by atoms with Crippen molar-refractivity contribution in [3.05, 3.63) is 95.3 Å². The van der Waals surface area contributed by atoms with Gasteiger partial charge in [0.05, 0.1) is 31.6 Å². The molecule has 0 unspecified atom stereocenters. The van der Waals surface area contributed by atoms with Crippen LogP contribution < -0.4 is 22.0 Å². The summed E-state index contributed by atoms with van der Waals surface area (Å²) in [5.74, 6) is 1.25. The standard InChI is InChI=1S/C33H38FN2O3.ClH/c34-28-9-11-29(12-10-28)35-32(31(33(35)38)2-1-21-37)27-7-13-30(14-8-27)39-23-26-5-3-25(4-6-26)22-36-18-15-24(16-19-36)17-20-36;/h3-14,24,31-32,37H,1-2,15-23H2;1H/q+1;/p-1/t24?,31-,32+,36?;/m0./s1. The Bertz CT molecular complexity index is 1260. The van der Waals surface area contributed by atoms with Gasteiger partial charge in [-0.1, -0.05) is 36.4 Å². The van der Waals surface area contributed by atoms with Crippen LogP contribution >= 0.6 is 0 Å². The van der Waals surface area contributed by atoms with Crippen LogP contribution in [0.1, 0.15) is 54.8 Å². The maximum atomic E-state index is 13.5. The lowest BCUT2D eigenvalue weighted by Gasteiger charge is -2.49. The first-order chi connectivity index (χ1) is 19.0. The van der Waals surface area contributed by atoms with E-state index in [-0.39, 0.29) is 42.7 Å². The summed E-state index contributed by atoms with van der Waals surface area (Å²) in [5, 5.41) is 9.31. The van der Waals surface area contributed by atoms with Crippen LogP contribution in [-0.2, 0) is 17.9 Å². The molecule has 3 aromatic carbocycles. The topological polar surface area (TPSA) is 49.8 Å². The number of amides is 1. The number of fused-ring (bicyclic) bond motifs is 3. The number of aliphatic hydroxyl groups excluding tert-OH is 1. The van der Waals surface area contributed by atoms with Crippen LogP contribution in [0.2, 0.25) is 0 Å². The first kappa shape index (κ1) is 28.6. The maximum Gasteiger partial charge on any atom is 0.233 e. The average molecular weight is 565 g/mol. The molecular weight excluding hydrogens is 527 g/mol. The number of rotatable bonds is 10. The van der Waals surface area contributed by atoms with Crippen molar-refractivity contribution < 1.29 is 35.9 Å². The predicted molar refractivity (Wildman–Crippen MR) is 150 cm³/mol. The zero-order valence-corrected chi connectivity index (χ0v) is 23.6. The lowest BCUT2D eigenvalue weighted by molar-refractivity contribution is -0.955. The molecule has 0 spiro atoms. The Morgan fingerprint density at radius 1 is 0.875 bits per heavy atom. The first-order valence-corrected chi connectivity index (χ1v) is 14.4. The Kier molecular flexibility index (Phi) is 8.79. The monoisotopic (exact) mass is 564 g/mol. The summed E-state index contributed by atoms with van der Waals surface area (Å²) >= 11 is 0. The third-order valence-electron chi connectivity index (χ3n) is 9.20. The second-order valence-electron chi connectivity index (χ2n) is 11.7. The molecule has 7 heteroatoms. The number of β-lactam (4-membered cyclic amide) rings is 1. The SMILES string of the molecule is O=C1[C@@H](CCCO)[C@@H](c2ccc(OCc3ccc(C[N+]45CCC(CC4)CC5)cc3)cc2)N1c1ccc(F)cc1.[Cl-]. The largest absolute Gasteiger partial charge is 1.00 e. The molecular formula is C33H38ClFN2O3. The van der Waals surface area contributed by atoms with Gasteiger partial charge in [-0.2, -0.15) is 0 Å². The second kappa shape index (κ2) is 12.3. The van der Waals surface area contributed by atoms with E-state index in [1.165, 1.54) is 61.1 Å². The second-order valence-corrected chi connectivity index (χ2v) is 11.7. The van der Waals surface area contributed by atoms with Crippen LogP contribution in [0.25, 0.3) is 0 Å². The molecule has 2 bridgehead atoms. The van der Waals surface area contributed by atoms with Crippen LogP contribution in [0, 0.1) is 17.7 Å². The van der Waals surface area contributed by atoms with Crippen LogP contribution in [-0.4, -0.2) is 41.7 Å². The van der Waals surface area contributed by atoms with Gasteiger partial charge in [-0.05, 0) is 85.5 Å². The molecule has 40 heavy (non-hydrogen) atoms. The van der Waals surface area contributed by atoms with E-state index >= 15 is 0 Å². The molecule has 0 aromatic heterocycles. The van der Waals surface area contributed by atoms with Gasteiger partial charge >= 0.3 is 0 Å². The highest BCUT2D eigenvalue weighted by atomic mass is 35.5. The predicted octanol–water partition coefficient (Wildman–Crippen LogP) is 3.02. The highest BCUT2D eigenvalue weighted by Gasteiger charge is 2.48. The lowest BCUT2D eigenvalue weighted by Crippen LogP contribution is -3.00. The summed E-state index contributed by atoms with van der Waals surface area (Å²) < 4.78 is 20.8. The van der Waals surface area contributed by atoms with E-state index in [9.17, 15) is 14.3 Å². The third kappa shape index (κ3) is 5.90. The Morgan fingerprint density at radius 3 is 2.12 bits per heavy atom. The molecule has 1 N–H and O–H groups in total. The molecule has 212 valence electrons. The van der Waals surface area contributed by atoms with Crippen molar-refractivity contribution in [1.82, 2.24) is 0 Å². The molecule has 2 atom stereocenters. The van der Waals surface area contributed by atoms with E-state index in [0.29, 0.717) is 25.1 Å². The van der Waals surface area contributed by atoms with Crippen molar-refractivity contribution in [3.8, 4) is 5.75 Å². The van der Waals surface area contributed by atoms with Crippen molar-refractivity contribution in [2.45, 2.75) is 51.3 Å². The van der Waals surface area contributed by atoms with E-state index in [0.717, 1.165) is 29.3 Å². The Hall–Kier alpha value is -2.93. The number of aliphatic hydroxyl groups is 1. The molecule has 0 aliphatic carbocycles. The summed E-state index contributed by atoms with van der Waals surface area (Å²) in [5.41, 5.74) is 4.26. The average Bonchev–Trinajstić information content (AvgIpc) is 2.98. The highest BCUT2D eigenvalue weighted by molar-refractivity contribution is 6.03. The number of carbonyl (C=O) groups excluding carboxylic acids is 1. The van der Waals surface area contributed by atoms with E-state index in [4.69, 9.17) is 4.74 Å². The van der Waals surface area contributed by atoms with Crippen LogP contribution in [0.15, 0.2) is 72.8 Å². The Labute approximate surface area is 242 Å². The molecule has 4 fully saturated rings. The number of benzene rings is 3. The number of nitrogens with zero attached hydrogens (tertiary/aromatic N) is 2. The first-order valence-electron chi connectivity index (χ1n) is 14.4. The minimum absolute atomic E-state index is 0. The zero-order chi connectivity index (χ0) is 26.8. The van der Waals surface area contributed by atoms with Crippen molar-refractivity contribution in [3.63, 3.8) is 0 Å². The fraction of sp³-hybridized carbons (Fsp3) is 0.424. The van der Waals surface area contributed by atoms with Gasteiger partial charge in [-0.25, -0.2) is 4.39 Å². The molecule has 4 aliphatic rings. The van der Waals surface area contributed by atoms with E-state index in [1.54, 1.807) is 17.0 Å². The van der Waals surface area contributed by atoms with Crippen molar-refractivity contribution in [1.29, 1.82) is 0 Å². The molecule has 0 saturated carbocycles. The van der Waals surface area contributed by atoms with Gasteiger partial charge in [-0.15, -0.1) is 0 Å². The van der Waals surface area contributed by atoms with Gasteiger partial charge in [0.2, 0.25) is 5.91 Å². The summed E-state index contributed by atoms with van der Waals surface area (Å²) in [6.45, 7) is 5.72. The number of halogens is 2. The number of hydrogen-bond donors (Lipinski definition) is 1. The van der Waals surface area contributed by atoms with E-state index in [1.807, 2.05) is 24.3 Å². The number of piperidine rings is 3. The van der Waals surface area contributed by atoms with Crippen molar-refractivity contribution in [2.24, 2.45) is 11.8 Å². The van der Waals surface area contributed by atoms with Crippen molar-refractivity contribution in [2.75, 3.05) is 31.1 Å². The molecule has 5 nitrogen and oxygen atoms in total. The Balaban J connectivity index is 0.00000323. The molecule has 0 radical (unpaired) electrons. The zero-order valence-electron chi connectivity index (χ0n) is 22.9. The minimum atomic E-state index is -0.328. The summed E-state index contributed by atoms with van der Waals surface area (Å²) in [4.78, 5) is 14.7. The third-order valence-corrected chi connectivity index (χ3v) is 9.20. The molecule has 4 saturated heterocycles. The summed E-state index contributed by atoms with van der Waals surface area (Å²) in [6, 6.07) is 22.7. The smallest absolute Gasteiger partial charge is 0.233 e. The molecule has 4 heterocycles. The fourth-order valence-electron chi connectivity index (χ4n) is 6.84. The summed E-state index contributed by atoms with van der Waals surface area (Å²) in [6.07, 6.45) is 5.39. The quantitative estimate of drug-likeness (QED) is 0.304. The van der Waals surface area contributed by atoms with Gasteiger partial charge in [-0.3, -0.25) is 4.79 Å². The van der Waals surface area contributed by atoms with Gasteiger partial charge in [0, 0.05) is 17.9 Å². The Morgan fingerprint density at radius 2 is 1.50 bits per heavy atom. The van der Waals surface area contributed by atoms with Crippen LogP contribution in [0.5, 0.6) is 5.75 Å². The number of hydrogen-bond acceptors (Lipinski definition) is 3. The normalized spacial score (nSPS) is 25.3. The van der Waals surface area contributed by atoms with E-state index < -0.39 is 0 Å². The van der Waals surface area contributed by atoms with Crippen LogP contribution in [0.4, 0.5) is 10.1 Å². The van der Waals surface area contributed by atoms with Gasteiger partial charge in [0.1, 0.15) is 24.7 Å².